The van der Waals surface area contributed by atoms with Crippen LogP contribution in [-0.4, -0.2) is 46.7 Å². The number of hydrogen-bond acceptors (Lipinski definition) is 4. The van der Waals surface area contributed by atoms with Crippen LogP contribution < -0.4 is 10.1 Å². The third-order valence-corrected chi connectivity index (χ3v) is 4.02. The monoisotopic (exact) mass is 335 g/mol. The van der Waals surface area contributed by atoms with Gasteiger partial charge in [-0.2, -0.15) is 0 Å². The molecule has 2 heterocycles. The molecule has 1 saturated heterocycles. The van der Waals surface area contributed by atoms with Crippen LogP contribution in [0.25, 0.3) is 0 Å². The predicted octanol–water partition coefficient (Wildman–Crippen LogP) is 2.12. The first-order valence-electron chi connectivity index (χ1n) is 8.33. The zero-order valence-electron chi connectivity index (χ0n) is 14.2. The Bertz CT molecular complexity index is 579. The van der Waals surface area contributed by atoms with Crippen molar-refractivity contribution in [3.05, 3.63) is 23.9 Å². The predicted molar refractivity (Wildman–Crippen MR) is 88.7 cm³/mol. The first kappa shape index (κ1) is 18.0. The molecular weight excluding hydrogens is 310 g/mol. The fourth-order valence-corrected chi connectivity index (χ4v) is 2.87. The zero-order valence-corrected chi connectivity index (χ0v) is 14.2. The molecule has 2 unspecified atom stereocenters. The number of carbonyl (C=O) groups excluding carboxylic acids is 1. The molecule has 0 aromatic carbocycles. The highest BCUT2D eigenvalue weighted by Crippen LogP contribution is 2.22. The summed E-state index contributed by atoms with van der Waals surface area (Å²) in [6, 6.07) is 3.40. The summed E-state index contributed by atoms with van der Waals surface area (Å²) in [4.78, 5) is 29.3. The number of aromatic nitrogens is 1. The largest absolute Gasteiger partial charge is 0.481 e. The molecule has 1 aliphatic rings. The number of hydrogen-bond donors (Lipinski definition) is 2. The van der Waals surface area contributed by atoms with Crippen LogP contribution in [-0.2, 0) is 11.3 Å². The van der Waals surface area contributed by atoms with Crippen molar-refractivity contribution in [1.82, 2.24) is 15.2 Å². The minimum absolute atomic E-state index is 0.174. The lowest BCUT2D eigenvalue weighted by molar-refractivity contribution is -0.143. The van der Waals surface area contributed by atoms with E-state index in [4.69, 9.17) is 4.74 Å². The number of rotatable bonds is 6. The van der Waals surface area contributed by atoms with E-state index in [2.05, 4.69) is 10.3 Å². The number of carboxylic acids is 1. The summed E-state index contributed by atoms with van der Waals surface area (Å²) in [5.74, 6) is -0.647. The molecule has 2 atom stereocenters. The van der Waals surface area contributed by atoms with E-state index in [1.54, 1.807) is 17.2 Å². The van der Waals surface area contributed by atoms with Gasteiger partial charge in [-0.1, -0.05) is 19.9 Å². The van der Waals surface area contributed by atoms with E-state index in [0.717, 1.165) is 12.0 Å². The van der Waals surface area contributed by atoms with Crippen LogP contribution in [0, 0.1) is 11.8 Å². The molecule has 1 fully saturated rings. The van der Waals surface area contributed by atoms with E-state index in [0.29, 0.717) is 32.0 Å². The number of ether oxygens (including phenoxy) is 1. The highest BCUT2D eigenvalue weighted by molar-refractivity contribution is 5.76. The van der Waals surface area contributed by atoms with Crippen LogP contribution in [0.5, 0.6) is 5.88 Å². The van der Waals surface area contributed by atoms with Crippen molar-refractivity contribution in [2.24, 2.45) is 11.8 Å². The van der Waals surface area contributed by atoms with Gasteiger partial charge in [0.15, 0.2) is 0 Å². The lowest BCUT2D eigenvalue weighted by atomic mass is 9.91. The molecule has 24 heavy (non-hydrogen) atoms. The average Bonchev–Trinajstić information content (AvgIpc) is 2.57. The summed E-state index contributed by atoms with van der Waals surface area (Å²) >= 11 is 0. The Hall–Kier alpha value is -2.31. The van der Waals surface area contributed by atoms with Gasteiger partial charge in [0.1, 0.15) is 0 Å². The maximum atomic E-state index is 12.4. The van der Waals surface area contributed by atoms with E-state index >= 15 is 0 Å². The van der Waals surface area contributed by atoms with E-state index in [-0.39, 0.29) is 18.5 Å². The molecule has 2 N–H and O–H groups in total. The topological polar surface area (TPSA) is 91.8 Å². The lowest BCUT2D eigenvalue weighted by Crippen LogP contribution is -2.49. The van der Waals surface area contributed by atoms with Crippen LogP contribution in [0.2, 0.25) is 0 Å². The second-order valence-corrected chi connectivity index (χ2v) is 6.26. The summed E-state index contributed by atoms with van der Waals surface area (Å²) in [6.07, 6.45) is 3.14. The maximum Gasteiger partial charge on any atom is 0.317 e. The van der Waals surface area contributed by atoms with Gasteiger partial charge in [0.25, 0.3) is 0 Å². The Morgan fingerprint density at radius 2 is 2.25 bits per heavy atom. The molecule has 2 rings (SSSR count). The van der Waals surface area contributed by atoms with E-state index < -0.39 is 11.9 Å². The van der Waals surface area contributed by atoms with E-state index in [1.807, 2.05) is 19.9 Å². The highest BCUT2D eigenvalue weighted by atomic mass is 16.5. The smallest absolute Gasteiger partial charge is 0.317 e. The number of urea groups is 1. The second kappa shape index (κ2) is 8.52. The minimum Gasteiger partial charge on any atom is -0.481 e. The lowest BCUT2D eigenvalue weighted by Gasteiger charge is -2.34. The standard InChI is InChI=1S/C17H25N3O4/c1-3-7-24-15-13(5-4-6-18-15)9-19-17(23)20-10-12(2)8-14(11-20)16(21)22/h4-6,12,14H,3,7-11H2,1-2H3,(H,19,23)(H,21,22). The average molecular weight is 335 g/mol. The number of nitrogens with zero attached hydrogens (tertiary/aromatic N) is 2. The van der Waals surface area contributed by atoms with Gasteiger partial charge in [0.2, 0.25) is 5.88 Å². The molecular formula is C17H25N3O4. The number of aliphatic carboxylic acids is 1. The van der Waals surface area contributed by atoms with Gasteiger partial charge < -0.3 is 20.1 Å². The number of carbonyl (C=O) groups is 2. The quantitative estimate of drug-likeness (QED) is 0.831. The molecule has 0 radical (unpaired) electrons. The van der Waals surface area contributed by atoms with E-state index in [1.165, 1.54) is 0 Å². The Kier molecular flexibility index (Phi) is 6.40. The second-order valence-electron chi connectivity index (χ2n) is 6.26. The van der Waals surface area contributed by atoms with Gasteiger partial charge in [-0.25, -0.2) is 9.78 Å². The Morgan fingerprint density at radius 3 is 2.96 bits per heavy atom. The first-order valence-corrected chi connectivity index (χ1v) is 8.33. The molecule has 2 amide bonds. The molecule has 1 aromatic heterocycles. The fraction of sp³-hybridized carbons (Fsp3) is 0.588. The molecule has 1 aliphatic heterocycles. The molecule has 7 nitrogen and oxygen atoms in total. The third-order valence-electron chi connectivity index (χ3n) is 4.02. The highest BCUT2D eigenvalue weighted by Gasteiger charge is 2.31. The molecule has 0 bridgehead atoms. The van der Waals surface area contributed by atoms with Crippen molar-refractivity contribution >= 4 is 12.0 Å². The van der Waals surface area contributed by atoms with Crippen molar-refractivity contribution in [3.63, 3.8) is 0 Å². The molecule has 0 aliphatic carbocycles. The van der Waals surface area contributed by atoms with Gasteiger partial charge in [0, 0.05) is 31.4 Å². The van der Waals surface area contributed by atoms with Gasteiger partial charge in [0.05, 0.1) is 12.5 Å². The zero-order chi connectivity index (χ0) is 17.5. The summed E-state index contributed by atoms with van der Waals surface area (Å²) in [5, 5.41) is 12.0. The molecule has 0 saturated carbocycles. The SMILES string of the molecule is CCCOc1ncccc1CNC(=O)N1CC(C)CC(C(=O)O)C1. The minimum atomic E-state index is -0.845. The number of carboxylic acid groups (broad SMARTS) is 1. The van der Waals surface area contributed by atoms with Crippen molar-refractivity contribution in [1.29, 1.82) is 0 Å². The summed E-state index contributed by atoms with van der Waals surface area (Å²) in [5.41, 5.74) is 0.805. The molecule has 7 heteroatoms. The van der Waals surface area contributed by atoms with E-state index in [9.17, 15) is 14.7 Å². The normalized spacial score (nSPS) is 20.5. The Balaban J connectivity index is 1.94. The third kappa shape index (κ3) is 4.84. The van der Waals surface area contributed by atoms with Crippen molar-refractivity contribution in [2.45, 2.75) is 33.2 Å². The van der Waals surface area contributed by atoms with Gasteiger partial charge in [-0.3, -0.25) is 4.79 Å². The van der Waals surface area contributed by atoms with Crippen LogP contribution in [0.15, 0.2) is 18.3 Å². The Morgan fingerprint density at radius 1 is 1.46 bits per heavy atom. The van der Waals surface area contributed by atoms with Gasteiger partial charge in [-0.15, -0.1) is 0 Å². The van der Waals surface area contributed by atoms with Crippen molar-refractivity contribution in [2.75, 3.05) is 19.7 Å². The summed E-state index contributed by atoms with van der Waals surface area (Å²) < 4.78 is 5.58. The van der Waals surface area contributed by atoms with Crippen LogP contribution in [0.1, 0.15) is 32.3 Å². The van der Waals surface area contributed by atoms with Crippen LogP contribution in [0.4, 0.5) is 4.79 Å². The number of piperidine rings is 1. The van der Waals surface area contributed by atoms with Crippen LogP contribution >= 0.6 is 0 Å². The summed E-state index contributed by atoms with van der Waals surface area (Å²) in [7, 11) is 0. The fourth-order valence-electron chi connectivity index (χ4n) is 2.87. The Labute approximate surface area is 142 Å². The molecule has 132 valence electrons. The number of pyridine rings is 1. The van der Waals surface area contributed by atoms with Crippen molar-refractivity contribution in [3.8, 4) is 5.88 Å². The number of likely N-dealkylation sites (tertiary alicyclic amines) is 1. The molecule has 0 spiro atoms. The van der Waals surface area contributed by atoms with Gasteiger partial charge >= 0.3 is 12.0 Å². The summed E-state index contributed by atoms with van der Waals surface area (Å²) in [6.45, 7) is 5.67. The number of amides is 2. The van der Waals surface area contributed by atoms with Gasteiger partial charge in [-0.05, 0) is 24.8 Å². The first-order chi connectivity index (χ1) is 11.5. The maximum absolute atomic E-state index is 12.4. The van der Waals surface area contributed by atoms with Crippen molar-refractivity contribution < 1.29 is 19.4 Å². The van der Waals surface area contributed by atoms with Crippen LogP contribution in [0.3, 0.4) is 0 Å². The molecule has 1 aromatic rings. The number of nitrogens with one attached hydrogen (secondary N) is 1.